The molecule has 0 radical (unpaired) electrons. The third-order valence-electron chi connectivity index (χ3n) is 2.71. The van der Waals surface area contributed by atoms with E-state index in [0.717, 1.165) is 11.1 Å². The van der Waals surface area contributed by atoms with Gasteiger partial charge in [0.1, 0.15) is 0 Å². The van der Waals surface area contributed by atoms with E-state index < -0.39 is 11.9 Å². The van der Waals surface area contributed by atoms with E-state index in [-0.39, 0.29) is 17.4 Å². The zero-order valence-electron chi connectivity index (χ0n) is 14.7. The Bertz CT molecular complexity index is 598. The molecular formula is C18H25NO5. The number of aryl methyl sites for hydroxylation is 1. The van der Waals surface area contributed by atoms with Gasteiger partial charge in [-0.3, -0.25) is 4.79 Å². The van der Waals surface area contributed by atoms with Gasteiger partial charge in [0.15, 0.2) is 5.78 Å². The van der Waals surface area contributed by atoms with Crippen molar-refractivity contribution in [1.82, 2.24) is 5.32 Å². The molecule has 1 unspecified atom stereocenters. The second-order valence-electron chi connectivity index (χ2n) is 6.36. The fourth-order valence-electron chi connectivity index (χ4n) is 1.91. The van der Waals surface area contributed by atoms with Crippen LogP contribution in [0, 0.1) is 6.92 Å². The number of hydrogen-bond donors (Lipinski definition) is 3. The highest BCUT2D eigenvalue weighted by Crippen LogP contribution is 2.09. The Morgan fingerprint density at radius 2 is 1.58 bits per heavy atom. The molecule has 3 N–H and O–H groups in total. The first-order valence-corrected chi connectivity index (χ1v) is 7.45. The number of rotatable bonds is 5. The molecule has 0 spiro atoms. The summed E-state index contributed by atoms with van der Waals surface area (Å²) in [4.78, 5) is 31.2. The summed E-state index contributed by atoms with van der Waals surface area (Å²) in [6.07, 6.45) is 1.12. The lowest BCUT2D eigenvalue weighted by Gasteiger charge is -2.25. The summed E-state index contributed by atoms with van der Waals surface area (Å²) in [5, 5.41) is 18.9. The maximum Gasteiger partial charge on any atom is 0.328 e. The molecule has 24 heavy (non-hydrogen) atoms. The Kier molecular flexibility index (Phi) is 8.63. The molecular weight excluding hydrogens is 310 g/mol. The molecule has 0 bridgehead atoms. The molecule has 0 heterocycles. The van der Waals surface area contributed by atoms with Gasteiger partial charge in [-0.05, 0) is 40.7 Å². The third kappa shape index (κ3) is 10.3. The number of hydrogen-bond acceptors (Lipinski definition) is 4. The first-order valence-electron chi connectivity index (χ1n) is 7.45. The highest BCUT2D eigenvalue weighted by Gasteiger charge is 2.20. The van der Waals surface area contributed by atoms with Gasteiger partial charge < -0.3 is 15.5 Å². The summed E-state index contributed by atoms with van der Waals surface area (Å²) in [7, 11) is 0. The minimum atomic E-state index is -1.26. The van der Waals surface area contributed by atoms with Crippen LogP contribution < -0.4 is 5.32 Å². The number of Topliss-reactive ketones (excluding diaryl/α,β-unsaturated/α-hetero) is 1. The van der Waals surface area contributed by atoms with Crippen LogP contribution in [-0.2, 0) is 9.59 Å². The molecule has 1 atom stereocenters. The average Bonchev–Trinajstić information content (AvgIpc) is 2.43. The fourth-order valence-corrected chi connectivity index (χ4v) is 1.91. The molecule has 1 aromatic carbocycles. The quantitative estimate of drug-likeness (QED) is 0.564. The summed E-state index contributed by atoms with van der Waals surface area (Å²) in [5.74, 6) is -2.36. The van der Waals surface area contributed by atoms with Crippen molar-refractivity contribution in [3.05, 3.63) is 47.5 Å². The van der Waals surface area contributed by atoms with E-state index in [2.05, 4.69) is 26.1 Å². The topological polar surface area (TPSA) is 104 Å². The summed E-state index contributed by atoms with van der Waals surface area (Å²) >= 11 is 0. The summed E-state index contributed by atoms with van der Waals surface area (Å²) in [6, 6.07) is 7.58. The van der Waals surface area contributed by atoms with Crippen molar-refractivity contribution >= 4 is 17.7 Å². The van der Waals surface area contributed by atoms with E-state index in [1.807, 2.05) is 38.1 Å². The van der Waals surface area contributed by atoms with Crippen LogP contribution in [-0.4, -0.2) is 39.5 Å². The Balaban J connectivity index is 0.000000561. The van der Waals surface area contributed by atoms with Crippen LogP contribution >= 0.6 is 0 Å². The number of carboxylic acids is 2. The van der Waals surface area contributed by atoms with Gasteiger partial charge in [-0.2, -0.15) is 0 Å². The average molecular weight is 335 g/mol. The lowest BCUT2D eigenvalue weighted by atomic mass is 10.0. The molecule has 1 rings (SSSR count). The van der Waals surface area contributed by atoms with Gasteiger partial charge >= 0.3 is 11.9 Å². The second kappa shape index (κ2) is 9.62. The number of carbonyl (C=O) groups excluding carboxylic acids is 1. The van der Waals surface area contributed by atoms with E-state index >= 15 is 0 Å². The van der Waals surface area contributed by atoms with Gasteiger partial charge in [0.2, 0.25) is 0 Å². The largest absolute Gasteiger partial charge is 0.478 e. The molecule has 0 amide bonds. The molecule has 6 nitrogen and oxygen atoms in total. The molecule has 0 saturated carbocycles. The van der Waals surface area contributed by atoms with Gasteiger partial charge in [-0.1, -0.05) is 23.8 Å². The monoisotopic (exact) mass is 335 g/mol. The lowest BCUT2D eigenvalue weighted by molar-refractivity contribution is -0.134. The van der Waals surface area contributed by atoms with Crippen LogP contribution in [0.5, 0.6) is 0 Å². The molecule has 0 aliphatic rings. The highest BCUT2D eigenvalue weighted by atomic mass is 16.4. The maximum atomic E-state index is 12.1. The van der Waals surface area contributed by atoms with Gasteiger partial charge in [0, 0.05) is 23.3 Å². The van der Waals surface area contributed by atoms with E-state index in [0.29, 0.717) is 12.2 Å². The molecule has 0 fully saturated rings. The van der Waals surface area contributed by atoms with E-state index in [9.17, 15) is 14.4 Å². The zero-order chi connectivity index (χ0) is 18.9. The van der Waals surface area contributed by atoms with E-state index in [1.54, 1.807) is 0 Å². The third-order valence-corrected chi connectivity index (χ3v) is 2.71. The predicted molar refractivity (Wildman–Crippen MR) is 92.3 cm³/mol. The number of aliphatic carboxylic acids is 2. The zero-order valence-corrected chi connectivity index (χ0v) is 14.7. The summed E-state index contributed by atoms with van der Waals surface area (Å²) in [6.45, 7) is 10.1. The van der Waals surface area contributed by atoms with Gasteiger partial charge in [-0.15, -0.1) is 0 Å². The van der Waals surface area contributed by atoms with E-state index in [4.69, 9.17) is 10.2 Å². The summed E-state index contributed by atoms with van der Waals surface area (Å²) < 4.78 is 0. The van der Waals surface area contributed by atoms with Crippen molar-refractivity contribution in [1.29, 1.82) is 0 Å². The van der Waals surface area contributed by atoms with Crippen molar-refractivity contribution < 1.29 is 24.6 Å². The van der Waals surface area contributed by atoms with E-state index in [1.165, 1.54) is 0 Å². The SMILES string of the molecule is Cc1cccc(C(=O)C(C)NC(C)(C)C)c1.O=C(O)C=CC(=O)O. The van der Waals surface area contributed by atoms with Crippen molar-refractivity contribution in [2.24, 2.45) is 0 Å². The lowest BCUT2D eigenvalue weighted by Crippen LogP contribution is -2.46. The van der Waals surface area contributed by atoms with Gasteiger partial charge in [0.05, 0.1) is 6.04 Å². The predicted octanol–water partition coefficient (Wildman–Crippen LogP) is 2.67. The number of benzene rings is 1. The van der Waals surface area contributed by atoms with Crippen molar-refractivity contribution in [3.8, 4) is 0 Å². The van der Waals surface area contributed by atoms with Crippen LogP contribution in [0.15, 0.2) is 36.4 Å². The number of ketones is 1. The van der Waals surface area contributed by atoms with Gasteiger partial charge in [0.25, 0.3) is 0 Å². The molecule has 0 aromatic heterocycles. The number of nitrogens with one attached hydrogen (secondary N) is 1. The van der Waals surface area contributed by atoms with Crippen LogP contribution in [0.1, 0.15) is 43.6 Å². The van der Waals surface area contributed by atoms with Crippen LogP contribution in [0.25, 0.3) is 0 Å². The van der Waals surface area contributed by atoms with Crippen molar-refractivity contribution in [2.45, 2.75) is 46.2 Å². The maximum absolute atomic E-state index is 12.1. The molecule has 6 heteroatoms. The fraction of sp³-hybridized carbons (Fsp3) is 0.389. The molecule has 0 aliphatic heterocycles. The van der Waals surface area contributed by atoms with Crippen molar-refractivity contribution in [3.63, 3.8) is 0 Å². The first-order chi connectivity index (χ1) is 10.9. The Morgan fingerprint density at radius 1 is 1.08 bits per heavy atom. The second-order valence-corrected chi connectivity index (χ2v) is 6.36. The van der Waals surface area contributed by atoms with Crippen LogP contribution in [0.2, 0.25) is 0 Å². The molecule has 0 saturated heterocycles. The highest BCUT2D eigenvalue weighted by molar-refractivity contribution is 6.00. The smallest absolute Gasteiger partial charge is 0.328 e. The summed E-state index contributed by atoms with van der Waals surface area (Å²) in [5.41, 5.74) is 1.86. The van der Waals surface area contributed by atoms with Crippen molar-refractivity contribution in [2.75, 3.05) is 0 Å². The minimum Gasteiger partial charge on any atom is -0.478 e. The van der Waals surface area contributed by atoms with Crippen LogP contribution in [0.3, 0.4) is 0 Å². The normalized spacial score (nSPS) is 12.2. The van der Waals surface area contributed by atoms with Gasteiger partial charge in [-0.25, -0.2) is 9.59 Å². The number of carboxylic acid groups (broad SMARTS) is 2. The standard InChI is InChI=1S/C14H21NO.C4H4O4/c1-10-7-6-8-12(9-10)13(16)11(2)15-14(3,4)5;5-3(6)1-2-4(7)8/h6-9,11,15H,1-5H3;1-2H,(H,5,6)(H,7,8). The Hall–Kier alpha value is -2.47. The molecule has 0 aliphatic carbocycles. The molecule has 132 valence electrons. The number of carbonyl (C=O) groups is 3. The minimum absolute atomic E-state index is 0.0428. The first kappa shape index (κ1) is 21.5. The Labute approximate surface area is 142 Å². The molecule has 1 aromatic rings. The Morgan fingerprint density at radius 3 is 1.96 bits per heavy atom. The van der Waals surface area contributed by atoms with Crippen LogP contribution in [0.4, 0.5) is 0 Å².